The molecule has 144 valence electrons. The summed E-state index contributed by atoms with van der Waals surface area (Å²) in [5.74, 6) is -0.217. The number of allylic oxidation sites excluding steroid dienone is 6. The standard InChI is InChI=1S/C22H19N4O2P/c1-25-13-21(27)26(22(25)28)12-14-5-8-18-19(10-16(11-23)24-20(18)9-14)15-3-2-4-17(29)7-6-15/h2-3,5-10H,4,12-13,29H2,1H3. The first kappa shape index (κ1) is 19.0. The maximum atomic E-state index is 12.2. The molecule has 1 fully saturated rings. The van der Waals surface area contributed by atoms with Gasteiger partial charge in [-0.3, -0.25) is 9.69 Å². The van der Waals surface area contributed by atoms with E-state index in [9.17, 15) is 14.9 Å². The van der Waals surface area contributed by atoms with Crippen molar-refractivity contribution in [3.8, 4) is 6.07 Å². The number of fused-ring (bicyclic) bond motifs is 1. The van der Waals surface area contributed by atoms with Gasteiger partial charge in [-0.05, 0) is 40.6 Å². The number of amides is 3. The minimum Gasteiger partial charge on any atom is -0.318 e. The summed E-state index contributed by atoms with van der Waals surface area (Å²) in [5.41, 5.74) is 3.72. The molecule has 1 aromatic carbocycles. The largest absolute Gasteiger partial charge is 0.327 e. The summed E-state index contributed by atoms with van der Waals surface area (Å²) < 4.78 is 0. The minimum absolute atomic E-state index is 0.0963. The van der Waals surface area contributed by atoms with E-state index in [1.807, 2.05) is 30.4 Å². The number of hydrogen-bond donors (Lipinski definition) is 0. The van der Waals surface area contributed by atoms with Gasteiger partial charge in [0.1, 0.15) is 18.3 Å². The lowest BCUT2D eigenvalue weighted by Gasteiger charge is -2.15. The lowest BCUT2D eigenvalue weighted by molar-refractivity contribution is -0.125. The molecule has 1 atom stereocenters. The lowest BCUT2D eigenvalue weighted by Crippen LogP contribution is -2.31. The SMILES string of the molecule is CN1CC(=O)N(Cc2ccc3c(C4=CC=C(P)CC=C4)cc(C#N)nc3c2)C1=O. The van der Waals surface area contributed by atoms with E-state index in [4.69, 9.17) is 0 Å². The molecule has 1 aliphatic carbocycles. The third-order valence-electron chi connectivity index (χ3n) is 5.00. The van der Waals surface area contributed by atoms with Crippen molar-refractivity contribution < 1.29 is 9.59 Å². The maximum Gasteiger partial charge on any atom is 0.327 e. The summed E-state index contributed by atoms with van der Waals surface area (Å²) in [6.07, 6.45) is 9.08. The molecule has 2 heterocycles. The van der Waals surface area contributed by atoms with Gasteiger partial charge >= 0.3 is 6.03 Å². The summed E-state index contributed by atoms with van der Waals surface area (Å²) in [5, 5.41) is 11.5. The van der Waals surface area contributed by atoms with E-state index < -0.39 is 0 Å². The quantitative estimate of drug-likeness (QED) is 0.581. The first-order valence-electron chi connectivity index (χ1n) is 9.19. The zero-order valence-electron chi connectivity index (χ0n) is 15.9. The Morgan fingerprint density at radius 2 is 2.07 bits per heavy atom. The van der Waals surface area contributed by atoms with Gasteiger partial charge in [0.15, 0.2) is 0 Å². The molecule has 2 aliphatic rings. The van der Waals surface area contributed by atoms with Crippen LogP contribution >= 0.6 is 9.24 Å². The van der Waals surface area contributed by atoms with Crippen LogP contribution in [0.2, 0.25) is 0 Å². The number of carbonyl (C=O) groups is 2. The van der Waals surface area contributed by atoms with Crippen LogP contribution in [0.5, 0.6) is 0 Å². The molecule has 29 heavy (non-hydrogen) atoms. The molecule has 3 amide bonds. The van der Waals surface area contributed by atoms with E-state index in [2.05, 4.69) is 32.4 Å². The monoisotopic (exact) mass is 402 g/mol. The topological polar surface area (TPSA) is 77.3 Å². The molecule has 7 heteroatoms. The Hall–Kier alpha value is -3.29. The Bertz CT molecular complexity index is 1170. The number of imide groups is 1. The fourth-order valence-electron chi connectivity index (χ4n) is 3.50. The van der Waals surface area contributed by atoms with Crippen LogP contribution < -0.4 is 0 Å². The first-order valence-corrected chi connectivity index (χ1v) is 9.76. The zero-order valence-corrected chi connectivity index (χ0v) is 17.1. The van der Waals surface area contributed by atoms with E-state index >= 15 is 0 Å². The second kappa shape index (κ2) is 7.62. The van der Waals surface area contributed by atoms with E-state index in [0.29, 0.717) is 11.2 Å². The predicted molar refractivity (Wildman–Crippen MR) is 115 cm³/mol. The van der Waals surface area contributed by atoms with Crippen LogP contribution in [0.25, 0.3) is 16.5 Å². The molecule has 0 N–H and O–H groups in total. The van der Waals surface area contributed by atoms with Gasteiger partial charge < -0.3 is 4.90 Å². The second-order valence-corrected chi connectivity index (χ2v) is 7.85. The highest BCUT2D eigenvalue weighted by Gasteiger charge is 2.33. The predicted octanol–water partition coefficient (Wildman–Crippen LogP) is 3.60. The van der Waals surface area contributed by atoms with Gasteiger partial charge in [0.25, 0.3) is 5.91 Å². The smallest absolute Gasteiger partial charge is 0.318 e. The third kappa shape index (κ3) is 3.70. The molecule has 6 nitrogen and oxygen atoms in total. The van der Waals surface area contributed by atoms with Crippen LogP contribution in [0.4, 0.5) is 4.79 Å². The number of pyridine rings is 1. The van der Waals surface area contributed by atoms with Gasteiger partial charge in [-0.1, -0.05) is 36.4 Å². The first-order chi connectivity index (χ1) is 14.0. The van der Waals surface area contributed by atoms with Crippen molar-refractivity contribution in [3.63, 3.8) is 0 Å². The summed E-state index contributed by atoms with van der Waals surface area (Å²) in [6, 6.07) is 9.30. The van der Waals surface area contributed by atoms with Gasteiger partial charge in [-0.2, -0.15) is 5.26 Å². The molecule has 4 rings (SSSR count). The summed E-state index contributed by atoms with van der Waals surface area (Å²) in [4.78, 5) is 31.3. The van der Waals surface area contributed by atoms with Crippen LogP contribution in [0.15, 0.2) is 53.9 Å². The van der Waals surface area contributed by atoms with Gasteiger partial charge in [0.2, 0.25) is 0 Å². The van der Waals surface area contributed by atoms with Gasteiger partial charge in [0, 0.05) is 12.4 Å². The number of hydrogen-bond acceptors (Lipinski definition) is 4. The molecule has 1 aliphatic heterocycles. The van der Waals surface area contributed by atoms with Gasteiger partial charge in [0.05, 0.1) is 12.1 Å². The van der Waals surface area contributed by atoms with Crippen molar-refractivity contribution >= 4 is 37.7 Å². The lowest BCUT2D eigenvalue weighted by atomic mass is 9.98. The van der Waals surface area contributed by atoms with Crippen molar-refractivity contribution in [1.82, 2.24) is 14.8 Å². The number of benzene rings is 1. The van der Waals surface area contributed by atoms with Crippen LogP contribution in [0.3, 0.4) is 0 Å². The Morgan fingerprint density at radius 3 is 2.79 bits per heavy atom. The summed E-state index contributed by atoms with van der Waals surface area (Å²) in [6.45, 7) is 0.284. The van der Waals surface area contributed by atoms with E-state index in [1.54, 1.807) is 13.1 Å². The molecular formula is C22H19N4O2P. The number of urea groups is 1. The van der Waals surface area contributed by atoms with Gasteiger partial charge in [-0.15, -0.1) is 9.24 Å². The van der Waals surface area contributed by atoms with Crippen molar-refractivity contribution in [1.29, 1.82) is 5.26 Å². The highest BCUT2D eigenvalue weighted by atomic mass is 31.0. The molecule has 0 bridgehead atoms. The maximum absolute atomic E-state index is 12.2. The Labute approximate surface area is 171 Å². The molecule has 1 unspecified atom stereocenters. The highest BCUT2D eigenvalue weighted by Crippen LogP contribution is 2.30. The van der Waals surface area contributed by atoms with Crippen LogP contribution in [0, 0.1) is 11.3 Å². The number of nitrogens with zero attached hydrogens (tertiary/aromatic N) is 4. The van der Waals surface area contributed by atoms with Crippen LogP contribution in [0.1, 0.15) is 23.2 Å². The highest BCUT2D eigenvalue weighted by molar-refractivity contribution is 7.22. The minimum atomic E-state index is -0.303. The van der Waals surface area contributed by atoms with E-state index in [-0.39, 0.29) is 25.0 Å². The Kier molecular flexibility index (Phi) is 5.00. The number of likely N-dealkylation sites (N-methyl/N-ethyl adjacent to an activating group) is 1. The molecule has 0 radical (unpaired) electrons. The van der Waals surface area contributed by atoms with Crippen LogP contribution in [-0.2, 0) is 11.3 Å². The van der Waals surface area contributed by atoms with E-state index in [0.717, 1.165) is 28.5 Å². The van der Waals surface area contributed by atoms with Crippen molar-refractivity contribution in [2.24, 2.45) is 0 Å². The van der Waals surface area contributed by atoms with Crippen LogP contribution in [-0.4, -0.2) is 40.3 Å². The average molecular weight is 402 g/mol. The fourth-order valence-corrected chi connectivity index (χ4v) is 3.73. The zero-order chi connectivity index (χ0) is 20.5. The molecule has 2 aromatic rings. The number of carbonyl (C=O) groups excluding carboxylic acids is 2. The van der Waals surface area contributed by atoms with Gasteiger partial charge in [-0.25, -0.2) is 9.78 Å². The number of rotatable bonds is 3. The van der Waals surface area contributed by atoms with Crippen molar-refractivity contribution in [2.45, 2.75) is 13.0 Å². The third-order valence-corrected chi connectivity index (χ3v) is 5.43. The Balaban J connectivity index is 1.77. The fraction of sp³-hybridized carbons (Fsp3) is 0.182. The molecule has 0 spiro atoms. The summed E-state index contributed by atoms with van der Waals surface area (Å²) in [7, 11) is 4.33. The van der Waals surface area contributed by atoms with Crippen molar-refractivity contribution in [3.05, 3.63) is 70.7 Å². The summed E-state index contributed by atoms with van der Waals surface area (Å²) >= 11 is 0. The average Bonchev–Trinajstić information content (AvgIpc) is 2.87. The number of aromatic nitrogens is 1. The second-order valence-electron chi connectivity index (χ2n) is 7.11. The normalized spacial score (nSPS) is 16.7. The van der Waals surface area contributed by atoms with E-state index in [1.165, 1.54) is 15.1 Å². The Morgan fingerprint density at radius 1 is 1.24 bits per heavy atom. The number of nitriles is 1. The molecule has 1 aromatic heterocycles. The van der Waals surface area contributed by atoms with Crippen molar-refractivity contribution in [2.75, 3.05) is 13.6 Å². The molecule has 0 saturated carbocycles. The molecular weight excluding hydrogens is 383 g/mol. The molecule has 1 saturated heterocycles.